The molecule has 0 saturated heterocycles. The Morgan fingerprint density at radius 1 is 1.20 bits per heavy atom. The molecule has 0 spiro atoms. The maximum Gasteiger partial charge on any atom is 0.151 e. The Morgan fingerprint density at radius 3 is 2.56 bits per heavy atom. The van der Waals surface area contributed by atoms with Gasteiger partial charge in [0.25, 0.3) is 0 Å². The molecule has 4 nitrogen and oxygen atoms in total. The summed E-state index contributed by atoms with van der Waals surface area (Å²) in [6.45, 7) is 4.93. The molecule has 0 N–H and O–H groups in total. The number of para-hydroxylation sites is 2. The highest BCUT2D eigenvalue weighted by Crippen LogP contribution is 2.23. The lowest BCUT2D eigenvalue weighted by molar-refractivity contribution is 0.271. The second kappa shape index (κ2) is 7.23. The van der Waals surface area contributed by atoms with Crippen molar-refractivity contribution in [3.05, 3.63) is 59.9 Å². The Balaban J connectivity index is 1.89. The Kier molecular flexibility index (Phi) is 4.85. The molecule has 0 fully saturated rings. The Labute approximate surface area is 148 Å². The zero-order valence-corrected chi connectivity index (χ0v) is 14.7. The van der Waals surface area contributed by atoms with Crippen molar-refractivity contribution in [3.63, 3.8) is 0 Å². The second-order valence-electron chi connectivity index (χ2n) is 6.43. The van der Waals surface area contributed by atoms with E-state index in [-0.39, 0.29) is 0 Å². The molecule has 3 rings (SSSR count). The van der Waals surface area contributed by atoms with Crippen molar-refractivity contribution in [1.29, 1.82) is 5.26 Å². The van der Waals surface area contributed by atoms with Crippen LogP contribution in [0.4, 0.5) is 0 Å². The fourth-order valence-corrected chi connectivity index (χ4v) is 2.62. The average Bonchev–Trinajstić information content (AvgIpc) is 2.96. The van der Waals surface area contributed by atoms with Gasteiger partial charge in [0.15, 0.2) is 5.82 Å². The number of hydrogen-bond acceptors (Lipinski definition) is 3. The molecule has 1 heterocycles. The molecule has 0 radical (unpaired) electrons. The van der Waals surface area contributed by atoms with Crippen molar-refractivity contribution < 1.29 is 4.74 Å². The van der Waals surface area contributed by atoms with E-state index in [4.69, 9.17) is 4.74 Å². The van der Waals surface area contributed by atoms with Gasteiger partial charge in [-0.25, -0.2) is 4.98 Å². The number of aromatic nitrogens is 2. The van der Waals surface area contributed by atoms with Crippen LogP contribution in [0.2, 0.25) is 0 Å². The van der Waals surface area contributed by atoms with Crippen molar-refractivity contribution in [1.82, 2.24) is 9.55 Å². The lowest BCUT2D eigenvalue weighted by Gasteiger charge is -2.08. The number of nitrogens with zero attached hydrogens (tertiary/aromatic N) is 3. The first-order valence-electron chi connectivity index (χ1n) is 8.35. The molecule has 0 bridgehead atoms. The quantitative estimate of drug-likeness (QED) is 0.638. The molecular formula is C21H21N3O. The fourth-order valence-electron chi connectivity index (χ4n) is 2.62. The van der Waals surface area contributed by atoms with Gasteiger partial charge in [-0.1, -0.05) is 38.1 Å². The van der Waals surface area contributed by atoms with Crippen LogP contribution in [0.25, 0.3) is 22.7 Å². The normalized spacial score (nSPS) is 11.7. The lowest BCUT2D eigenvalue weighted by atomic mass is 10.1. The van der Waals surface area contributed by atoms with Crippen LogP contribution in [-0.2, 0) is 7.05 Å². The van der Waals surface area contributed by atoms with Gasteiger partial charge < -0.3 is 9.30 Å². The van der Waals surface area contributed by atoms with Gasteiger partial charge in [-0.15, -0.1) is 0 Å². The summed E-state index contributed by atoms with van der Waals surface area (Å²) >= 11 is 0. The third kappa shape index (κ3) is 3.72. The van der Waals surface area contributed by atoms with E-state index in [2.05, 4.69) is 24.9 Å². The lowest BCUT2D eigenvalue weighted by Crippen LogP contribution is -2.04. The molecule has 0 unspecified atom stereocenters. The van der Waals surface area contributed by atoms with Crippen LogP contribution in [0.5, 0.6) is 5.75 Å². The molecular weight excluding hydrogens is 310 g/mol. The molecule has 0 aliphatic carbocycles. The number of aryl methyl sites for hydroxylation is 1. The van der Waals surface area contributed by atoms with Crippen molar-refractivity contribution in [3.8, 4) is 11.8 Å². The van der Waals surface area contributed by atoms with Gasteiger partial charge in [-0.05, 0) is 41.8 Å². The third-order valence-corrected chi connectivity index (χ3v) is 3.92. The van der Waals surface area contributed by atoms with E-state index in [9.17, 15) is 5.26 Å². The van der Waals surface area contributed by atoms with E-state index in [0.29, 0.717) is 23.9 Å². The zero-order valence-electron chi connectivity index (χ0n) is 14.7. The van der Waals surface area contributed by atoms with Gasteiger partial charge in [0.05, 0.1) is 23.2 Å². The van der Waals surface area contributed by atoms with Crippen LogP contribution in [0.3, 0.4) is 0 Å². The summed E-state index contributed by atoms with van der Waals surface area (Å²) in [5, 5.41) is 9.59. The minimum atomic E-state index is 0.488. The number of rotatable bonds is 5. The van der Waals surface area contributed by atoms with Crippen molar-refractivity contribution in [2.45, 2.75) is 13.8 Å². The van der Waals surface area contributed by atoms with Crippen molar-refractivity contribution in [2.75, 3.05) is 6.61 Å². The highest BCUT2D eigenvalue weighted by Gasteiger charge is 2.11. The van der Waals surface area contributed by atoms with Crippen molar-refractivity contribution >= 4 is 22.7 Å². The molecule has 0 aliphatic rings. The van der Waals surface area contributed by atoms with Crippen molar-refractivity contribution in [2.24, 2.45) is 13.0 Å². The second-order valence-corrected chi connectivity index (χ2v) is 6.43. The molecule has 1 aromatic heterocycles. The van der Waals surface area contributed by atoms with Crippen LogP contribution in [0.15, 0.2) is 48.5 Å². The maximum atomic E-state index is 9.59. The summed E-state index contributed by atoms with van der Waals surface area (Å²) in [6.07, 6.45) is 1.85. The van der Waals surface area contributed by atoms with Gasteiger partial charge in [-0.3, -0.25) is 0 Å². The van der Waals surface area contributed by atoms with Crippen LogP contribution in [0, 0.1) is 17.2 Å². The van der Waals surface area contributed by atoms with E-state index in [1.807, 2.05) is 66.2 Å². The Hall–Kier alpha value is -3.06. The van der Waals surface area contributed by atoms with Crippen LogP contribution < -0.4 is 4.74 Å². The summed E-state index contributed by atoms with van der Waals surface area (Å²) in [5.74, 6) is 2.00. The van der Waals surface area contributed by atoms with Gasteiger partial charge in [0, 0.05) is 7.05 Å². The van der Waals surface area contributed by atoms with E-state index in [1.165, 1.54) is 0 Å². The SMILES string of the molecule is CC(C)COc1ccc(/C=C(/C#N)c2nc3ccccc3n2C)cc1. The van der Waals surface area contributed by atoms with E-state index in [1.54, 1.807) is 0 Å². The first kappa shape index (κ1) is 16.8. The number of imidazole rings is 1. The average molecular weight is 331 g/mol. The molecule has 25 heavy (non-hydrogen) atoms. The Bertz CT molecular complexity index is 943. The van der Waals surface area contributed by atoms with Gasteiger partial charge in [0.2, 0.25) is 0 Å². The summed E-state index contributed by atoms with van der Waals surface area (Å²) in [4.78, 5) is 4.59. The van der Waals surface area contributed by atoms with E-state index < -0.39 is 0 Å². The van der Waals surface area contributed by atoms with Gasteiger partial charge in [-0.2, -0.15) is 5.26 Å². The summed E-state index contributed by atoms with van der Waals surface area (Å²) in [7, 11) is 1.93. The fraction of sp³-hybridized carbons (Fsp3) is 0.238. The predicted molar refractivity (Wildman–Crippen MR) is 101 cm³/mol. The predicted octanol–water partition coefficient (Wildman–Crippen LogP) is 4.67. The largest absolute Gasteiger partial charge is 0.493 e. The number of ether oxygens (including phenoxy) is 1. The van der Waals surface area contributed by atoms with Crippen LogP contribution in [-0.4, -0.2) is 16.2 Å². The smallest absolute Gasteiger partial charge is 0.151 e. The van der Waals surface area contributed by atoms with Crippen LogP contribution >= 0.6 is 0 Å². The molecule has 0 aliphatic heterocycles. The molecule has 0 atom stereocenters. The first-order chi connectivity index (χ1) is 12.1. The number of benzene rings is 2. The standard InChI is InChI=1S/C21H21N3O/c1-15(2)14-25-18-10-8-16(9-11-18)12-17(13-22)21-23-19-6-4-5-7-20(19)24(21)3/h4-12,15H,14H2,1-3H3/b17-12-. The molecule has 4 heteroatoms. The highest BCUT2D eigenvalue weighted by molar-refractivity contribution is 5.90. The minimum Gasteiger partial charge on any atom is -0.493 e. The van der Waals surface area contributed by atoms with E-state index in [0.717, 1.165) is 22.3 Å². The molecule has 126 valence electrons. The Morgan fingerprint density at radius 2 is 1.92 bits per heavy atom. The summed E-state index contributed by atoms with van der Waals surface area (Å²) in [5.41, 5.74) is 3.38. The van der Waals surface area contributed by atoms with Gasteiger partial charge >= 0.3 is 0 Å². The molecule has 0 saturated carbocycles. The number of nitriles is 1. The molecule has 2 aromatic carbocycles. The summed E-state index contributed by atoms with van der Waals surface area (Å²) in [6, 6.07) is 17.9. The number of allylic oxidation sites excluding steroid dienone is 1. The molecule has 3 aromatic rings. The monoisotopic (exact) mass is 331 g/mol. The van der Waals surface area contributed by atoms with Gasteiger partial charge in [0.1, 0.15) is 11.8 Å². The first-order valence-corrected chi connectivity index (χ1v) is 8.35. The third-order valence-electron chi connectivity index (χ3n) is 3.92. The molecule has 0 amide bonds. The number of hydrogen-bond donors (Lipinski definition) is 0. The summed E-state index contributed by atoms with van der Waals surface area (Å²) < 4.78 is 7.64. The van der Waals surface area contributed by atoms with Crippen LogP contribution in [0.1, 0.15) is 25.2 Å². The maximum absolute atomic E-state index is 9.59. The minimum absolute atomic E-state index is 0.488. The van der Waals surface area contributed by atoms with E-state index >= 15 is 0 Å². The number of fused-ring (bicyclic) bond motifs is 1. The zero-order chi connectivity index (χ0) is 17.8. The highest BCUT2D eigenvalue weighted by atomic mass is 16.5. The topological polar surface area (TPSA) is 50.8 Å².